The maximum atomic E-state index is 11.7. The molecule has 1 amide bonds. The normalized spacial score (nSPS) is 16.6. The molecule has 148 valence electrons. The van der Waals surface area contributed by atoms with Crippen LogP contribution in [0.2, 0.25) is 5.02 Å². The molecule has 7 nitrogen and oxygen atoms in total. The Morgan fingerprint density at radius 2 is 2.07 bits per heavy atom. The minimum Gasteiger partial charge on any atom is -0.492 e. The molecular weight excluding hydrogens is 398 g/mol. The number of nitrogens with one attached hydrogen (secondary N) is 1. The molecule has 9 heteroatoms. The number of hydrogen-bond acceptors (Lipinski definition) is 5. The molecule has 1 aliphatic heterocycles. The maximum Gasteiger partial charge on any atom is 0.235 e. The number of thiazole rings is 1. The first-order valence-corrected chi connectivity index (χ1v) is 10.6. The summed E-state index contributed by atoms with van der Waals surface area (Å²) in [5.41, 5.74) is 0.964. The molecule has 0 spiro atoms. The van der Waals surface area contributed by atoms with E-state index in [0.29, 0.717) is 28.9 Å². The van der Waals surface area contributed by atoms with Gasteiger partial charge in [-0.25, -0.2) is 4.98 Å². The maximum absolute atomic E-state index is 11.7. The zero-order valence-electron chi connectivity index (χ0n) is 15.9. The minimum absolute atomic E-state index is 0.0991. The summed E-state index contributed by atoms with van der Waals surface area (Å²) < 4.78 is 1.52. The molecule has 1 aliphatic rings. The predicted molar refractivity (Wildman–Crippen MR) is 108 cm³/mol. The number of quaternary nitrogens is 1. The van der Waals surface area contributed by atoms with Gasteiger partial charge in [-0.2, -0.15) is 4.52 Å². The SMILES string of the molecule is CCc1nc2sc([C@@H](c3ccccc3Cl)[NH+]3CCN(C(C)=O)CC3)c(O)n2n1. The van der Waals surface area contributed by atoms with Crippen molar-refractivity contribution in [3.8, 4) is 5.88 Å². The van der Waals surface area contributed by atoms with Gasteiger partial charge in [-0.1, -0.05) is 48.1 Å². The van der Waals surface area contributed by atoms with Crippen molar-refractivity contribution >= 4 is 33.8 Å². The van der Waals surface area contributed by atoms with E-state index in [-0.39, 0.29) is 17.8 Å². The summed E-state index contributed by atoms with van der Waals surface area (Å²) in [5.74, 6) is 0.936. The van der Waals surface area contributed by atoms with Crippen LogP contribution < -0.4 is 4.90 Å². The van der Waals surface area contributed by atoms with Gasteiger partial charge in [-0.05, 0) is 6.07 Å². The van der Waals surface area contributed by atoms with Crippen molar-refractivity contribution in [1.29, 1.82) is 0 Å². The number of benzene rings is 1. The van der Waals surface area contributed by atoms with Crippen molar-refractivity contribution in [3.05, 3.63) is 45.6 Å². The fourth-order valence-corrected chi connectivity index (χ4v) is 5.18. The summed E-state index contributed by atoms with van der Waals surface area (Å²) in [5, 5.41) is 16.0. The van der Waals surface area contributed by atoms with Gasteiger partial charge >= 0.3 is 0 Å². The Labute approximate surface area is 172 Å². The van der Waals surface area contributed by atoms with E-state index in [1.54, 1.807) is 6.92 Å². The van der Waals surface area contributed by atoms with Crippen molar-refractivity contribution in [1.82, 2.24) is 19.5 Å². The molecule has 1 saturated heterocycles. The molecule has 0 saturated carbocycles. The first-order valence-electron chi connectivity index (χ1n) is 9.41. The number of nitrogens with zero attached hydrogens (tertiary/aromatic N) is 4. The molecule has 4 rings (SSSR count). The Morgan fingerprint density at radius 3 is 2.68 bits per heavy atom. The van der Waals surface area contributed by atoms with Crippen LogP contribution in [0.25, 0.3) is 4.96 Å². The number of piperazine rings is 1. The van der Waals surface area contributed by atoms with Crippen LogP contribution in [0, 0.1) is 0 Å². The minimum atomic E-state index is -0.138. The van der Waals surface area contributed by atoms with Gasteiger partial charge in [0, 0.05) is 18.9 Å². The standard InChI is InChI=1S/C19H22ClN5O2S/c1-3-15-21-19-25(22-15)18(27)17(28-19)16(13-6-4-5-7-14(13)20)24-10-8-23(9-11-24)12(2)26/h4-7,16,27H,3,8-11H2,1-2H3/p+1/t16-/m1/s1. The highest BCUT2D eigenvalue weighted by Gasteiger charge is 2.36. The topological polar surface area (TPSA) is 75.2 Å². The van der Waals surface area contributed by atoms with E-state index in [1.165, 1.54) is 20.8 Å². The average Bonchev–Trinajstić information content (AvgIpc) is 3.23. The van der Waals surface area contributed by atoms with Crippen molar-refractivity contribution in [2.45, 2.75) is 26.3 Å². The van der Waals surface area contributed by atoms with Crippen LogP contribution in [0.5, 0.6) is 5.88 Å². The zero-order valence-corrected chi connectivity index (χ0v) is 17.4. The molecule has 0 radical (unpaired) electrons. The number of aromatic nitrogens is 3. The molecule has 0 aliphatic carbocycles. The van der Waals surface area contributed by atoms with Crippen LogP contribution in [0.3, 0.4) is 0 Å². The summed E-state index contributed by atoms with van der Waals surface area (Å²) in [7, 11) is 0. The average molecular weight is 421 g/mol. The van der Waals surface area contributed by atoms with E-state index in [1.807, 2.05) is 36.1 Å². The molecular formula is C19H23ClN5O2S+. The van der Waals surface area contributed by atoms with Crippen LogP contribution in [0.1, 0.15) is 36.2 Å². The lowest BCUT2D eigenvalue weighted by atomic mass is 10.0. The van der Waals surface area contributed by atoms with Crippen LogP contribution >= 0.6 is 22.9 Å². The van der Waals surface area contributed by atoms with E-state index >= 15 is 0 Å². The van der Waals surface area contributed by atoms with E-state index in [9.17, 15) is 9.90 Å². The quantitative estimate of drug-likeness (QED) is 0.671. The first kappa shape index (κ1) is 19.2. The lowest BCUT2D eigenvalue weighted by Crippen LogP contribution is -3.15. The summed E-state index contributed by atoms with van der Waals surface area (Å²) in [6.07, 6.45) is 0.718. The number of carbonyl (C=O) groups excluding carboxylic acids is 1. The fourth-order valence-electron chi connectivity index (χ4n) is 3.78. The predicted octanol–water partition coefficient (Wildman–Crippen LogP) is 1.55. The second-order valence-corrected chi connectivity index (χ2v) is 8.40. The molecule has 1 aromatic carbocycles. The van der Waals surface area contributed by atoms with Crippen molar-refractivity contribution < 1.29 is 14.8 Å². The van der Waals surface area contributed by atoms with Gasteiger partial charge in [0.15, 0.2) is 11.9 Å². The van der Waals surface area contributed by atoms with Gasteiger partial charge in [0.25, 0.3) is 0 Å². The van der Waals surface area contributed by atoms with Gasteiger partial charge in [0.05, 0.1) is 31.2 Å². The second kappa shape index (κ2) is 7.69. The number of aromatic hydroxyl groups is 1. The molecule has 0 bridgehead atoms. The van der Waals surface area contributed by atoms with Crippen LogP contribution in [-0.4, -0.2) is 56.7 Å². The van der Waals surface area contributed by atoms with Gasteiger partial charge in [-0.15, -0.1) is 5.10 Å². The van der Waals surface area contributed by atoms with E-state index < -0.39 is 0 Å². The lowest BCUT2D eigenvalue weighted by Gasteiger charge is -2.36. The largest absolute Gasteiger partial charge is 0.492 e. The zero-order chi connectivity index (χ0) is 19.8. The first-order chi connectivity index (χ1) is 13.5. The number of fused-ring (bicyclic) bond motifs is 1. The Hall–Kier alpha value is -2.16. The molecule has 28 heavy (non-hydrogen) atoms. The molecule has 2 N–H and O–H groups in total. The number of halogens is 1. The summed E-state index contributed by atoms with van der Waals surface area (Å²) in [4.78, 5) is 20.8. The third-order valence-corrected chi connectivity index (χ3v) is 6.73. The number of aryl methyl sites for hydroxylation is 1. The smallest absolute Gasteiger partial charge is 0.235 e. The number of carbonyl (C=O) groups is 1. The summed E-state index contributed by atoms with van der Waals surface area (Å²) in [6.45, 7) is 6.53. The van der Waals surface area contributed by atoms with E-state index in [4.69, 9.17) is 11.6 Å². The van der Waals surface area contributed by atoms with Gasteiger partial charge in [-0.3, -0.25) is 4.79 Å². The summed E-state index contributed by atoms with van der Waals surface area (Å²) in [6, 6.07) is 7.61. The molecule has 0 unspecified atom stereocenters. The van der Waals surface area contributed by atoms with Crippen LogP contribution in [-0.2, 0) is 11.2 Å². The Bertz CT molecular complexity index is 1010. The highest BCUT2D eigenvalue weighted by atomic mass is 35.5. The molecule has 2 aromatic heterocycles. The molecule has 1 atom stereocenters. The molecule has 3 heterocycles. The van der Waals surface area contributed by atoms with Crippen molar-refractivity contribution in [2.24, 2.45) is 0 Å². The highest BCUT2D eigenvalue weighted by molar-refractivity contribution is 7.17. The Morgan fingerprint density at radius 1 is 1.36 bits per heavy atom. The third kappa shape index (κ3) is 3.36. The van der Waals surface area contributed by atoms with E-state index in [0.717, 1.165) is 30.0 Å². The second-order valence-electron chi connectivity index (χ2n) is 6.98. The monoisotopic (exact) mass is 420 g/mol. The highest BCUT2D eigenvalue weighted by Crippen LogP contribution is 2.37. The lowest BCUT2D eigenvalue weighted by molar-refractivity contribution is -0.929. The number of amides is 1. The molecule has 3 aromatic rings. The van der Waals surface area contributed by atoms with Gasteiger partial charge < -0.3 is 14.9 Å². The van der Waals surface area contributed by atoms with Crippen LogP contribution in [0.4, 0.5) is 0 Å². The van der Waals surface area contributed by atoms with E-state index in [2.05, 4.69) is 10.1 Å². The van der Waals surface area contributed by atoms with Gasteiger partial charge in [0.1, 0.15) is 4.88 Å². The Kier molecular flexibility index (Phi) is 5.27. The summed E-state index contributed by atoms with van der Waals surface area (Å²) >= 11 is 8.00. The van der Waals surface area contributed by atoms with Crippen LogP contribution in [0.15, 0.2) is 24.3 Å². The number of hydrogen-bond donors (Lipinski definition) is 2. The van der Waals surface area contributed by atoms with Gasteiger partial charge in [0.2, 0.25) is 16.7 Å². The van der Waals surface area contributed by atoms with Crippen molar-refractivity contribution in [3.63, 3.8) is 0 Å². The third-order valence-electron chi connectivity index (χ3n) is 5.30. The number of rotatable bonds is 4. The molecule has 1 fully saturated rings. The Balaban J connectivity index is 1.76. The fraction of sp³-hybridized carbons (Fsp3) is 0.421. The van der Waals surface area contributed by atoms with Crippen molar-refractivity contribution in [2.75, 3.05) is 26.2 Å².